The van der Waals surface area contributed by atoms with Crippen molar-refractivity contribution in [2.24, 2.45) is 0 Å². The SMILES string of the molecule is C#CC1CC(=O)CCN1C(=O)O. The first-order chi connectivity index (χ1) is 5.65. The zero-order valence-electron chi connectivity index (χ0n) is 6.49. The molecule has 1 aliphatic rings. The third kappa shape index (κ3) is 1.56. The van der Waals surface area contributed by atoms with Gasteiger partial charge < -0.3 is 5.11 Å². The number of Topliss-reactive ketones (excluding diaryl/α,β-unsaturated/α-hetero) is 1. The van der Waals surface area contributed by atoms with Crippen molar-refractivity contribution < 1.29 is 14.7 Å². The van der Waals surface area contributed by atoms with Gasteiger partial charge in [-0.1, -0.05) is 5.92 Å². The number of hydrogen-bond acceptors (Lipinski definition) is 2. The number of likely N-dealkylation sites (tertiary alicyclic amines) is 1. The van der Waals surface area contributed by atoms with E-state index in [-0.39, 0.29) is 25.2 Å². The minimum absolute atomic E-state index is 0.0375. The summed E-state index contributed by atoms with van der Waals surface area (Å²) in [6, 6.07) is -0.566. The van der Waals surface area contributed by atoms with Crippen LogP contribution in [-0.4, -0.2) is 34.5 Å². The van der Waals surface area contributed by atoms with Gasteiger partial charge in [0.25, 0.3) is 0 Å². The number of hydrogen-bond donors (Lipinski definition) is 1. The Kier molecular flexibility index (Phi) is 2.34. The number of piperidine rings is 1. The van der Waals surface area contributed by atoms with Crippen molar-refractivity contribution in [3.63, 3.8) is 0 Å². The fraction of sp³-hybridized carbons (Fsp3) is 0.500. The molecule has 0 aliphatic carbocycles. The monoisotopic (exact) mass is 167 g/mol. The first-order valence-corrected chi connectivity index (χ1v) is 3.62. The predicted molar refractivity (Wildman–Crippen MR) is 41.6 cm³/mol. The van der Waals surface area contributed by atoms with E-state index in [1.165, 1.54) is 0 Å². The summed E-state index contributed by atoms with van der Waals surface area (Å²) < 4.78 is 0. The van der Waals surface area contributed by atoms with Crippen LogP contribution in [0.15, 0.2) is 0 Å². The van der Waals surface area contributed by atoms with E-state index >= 15 is 0 Å². The third-order valence-corrected chi connectivity index (χ3v) is 1.87. The lowest BCUT2D eigenvalue weighted by molar-refractivity contribution is -0.121. The molecule has 0 saturated carbocycles. The summed E-state index contributed by atoms with van der Waals surface area (Å²) in [4.78, 5) is 22.6. The molecular weight excluding hydrogens is 158 g/mol. The van der Waals surface area contributed by atoms with Gasteiger partial charge in [0, 0.05) is 19.4 Å². The van der Waals surface area contributed by atoms with Crippen molar-refractivity contribution in [1.82, 2.24) is 4.90 Å². The molecular formula is C8H9NO3. The highest BCUT2D eigenvalue weighted by Gasteiger charge is 2.28. The van der Waals surface area contributed by atoms with E-state index in [1.807, 2.05) is 0 Å². The second kappa shape index (κ2) is 3.26. The fourth-order valence-corrected chi connectivity index (χ4v) is 1.21. The largest absolute Gasteiger partial charge is 0.465 e. The standard InChI is InChI=1S/C8H9NO3/c1-2-6-5-7(10)3-4-9(6)8(11)12/h1,6H,3-5H2,(H,11,12). The Bertz CT molecular complexity index is 254. The number of carbonyl (C=O) groups is 2. The normalized spacial score (nSPS) is 23.4. The maximum absolute atomic E-state index is 10.9. The summed E-state index contributed by atoms with van der Waals surface area (Å²) in [5.74, 6) is 2.33. The number of terminal acetylenes is 1. The van der Waals surface area contributed by atoms with Gasteiger partial charge in [-0.15, -0.1) is 6.42 Å². The number of amides is 1. The minimum atomic E-state index is -1.05. The van der Waals surface area contributed by atoms with Gasteiger partial charge in [-0.3, -0.25) is 9.69 Å². The van der Waals surface area contributed by atoms with Crippen LogP contribution in [0.1, 0.15) is 12.8 Å². The van der Waals surface area contributed by atoms with Crippen LogP contribution in [0.4, 0.5) is 4.79 Å². The summed E-state index contributed by atoms with van der Waals surface area (Å²) in [5.41, 5.74) is 0. The van der Waals surface area contributed by atoms with E-state index in [1.54, 1.807) is 0 Å². The molecule has 12 heavy (non-hydrogen) atoms. The second-order valence-corrected chi connectivity index (χ2v) is 2.65. The second-order valence-electron chi connectivity index (χ2n) is 2.65. The van der Waals surface area contributed by atoms with E-state index in [9.17, 15) is 9.59 Å². The zero-order valence-corrected chi connectivity index (χ0v) is 6.49. The van der Waals surface area contributed by atoms with Gasteiger partial charge in [-0.2, -0.15) is 0 Å². The van der Waals surface area contributed by atoms with Gasteiger partial charge in [-0.25, -0.2) is 4.79 Å². The Morgan fingerprint density at radius 1 is 1.75 bits per heavy atom. The molecule has 4 nitrogen and oxygen atoms in total. The highest BCUT2D eigenvalue weighted by molar-refractivity contribution is 5.82. The molecule has 0 aromatic carbocycles. The molecule has 0 aromatic rings. The smallest absolute Gasteiger partial charge is 0.408 e. The van der Waals surface area contributed by atoms with Crippen molar-refractivity contribution >= 4 is 11.9 Å². The van der Waals surface area contributed by atoms with Crippen molar-refractivity contribution in [2.45, 2.75) is 18.9 Å². The molecule has 1 unspecified atom stereocenters. The average Bonchev–Trinajstić information content (AvgIpc) is 2.03. The minimum Gasteiger partial charge on any atom is -0.465 e. The van der Waals surface area contributed by atoms with Crippen LogP contribution in [0, 0.1) is 12.3 Å². The lowest BCUT2D eigenvalue weighted by Gasteiger charge is -2.28. The highest BCUT2D eigenvalue weighted by atomic mass is 16.4. The van der Waals surface area contributed by atoms with Crippen LogP contribution in [0.2, 0.25) is 0 Å². The number of nitrogens with zero attached hydrogens (tertiary/aromatic N) is 1. The molecule has 0 aromatic heterocycles. The Morgan fingerprint density at radius 2 is 2.42 bits per heavy atom. The Balaban J connectivity index is 2.70. The van der Waals surface area contributed by atoms with Crippen molar-refractivity contribution in [2.75, 3.05) is 6.54 Å². The van der Waals surface area contributed by atoms with E-state index in [0.29, 0.717) is 0 Å². The number of rotatable bonds is 0. The Labute approximate surface area is 70.2 Å². The first kappa shape index (κ1) is 8.60. The molecule has 1 rings (SSSR count). The lowest BCUT2D eigenvalue weighted by atomic mass is 10.0. The van der Waals surface area contributed by atoms with Crippen molar-refractivity contribution in [3.05, 3.63) is 0 Å². The van der Waals surface area contributed by atoms with E-state index < -0.39 is 12.1 Å². The molecule has 4 heteroatoms. The van der Waals surface area contributed by atoms with Gasteiger partial charge in [0.1, 0.15) is 11.8 Å². The van der Waals surface area contributed by atoms with Crippen LogP contribution in [0.25, 0.3) is 0 Å². The maximum Gasteiger partial charge on any atom is 0.408 e. The molecule has 64 valence electrons. The van der Waals surface area contributed by atoms with Crippen LogP contribution < -0.4 is 0 Å². The summed E-state index contributed by atoms with van der Waals surface area (Å²) in [5, 5.41) is 8.65. The third-order valence-electron chi connectivity index (χ3n) is 1.87. The van der Waals surface area contributed by atoms with Crippen LogP contribution >= 0.6 is 0 Å². The van der Waals surface area contributed by atoms with Crippen LogP contribution in [0.5, 0.6) is 0 Å². The number of ketones is 1. The Hall–Kier alpha value is -1.50. The summed E-state index contributed by atoms with van der Waals surface area (Å²) in [6.07, 6.45) is 4.47. The van der Waals surface area contributed by atoms with Gasteiger partial charge >= 0.3 is 6.09 Å². The zero-order chi connectivity index (χ0) is 9.14. The molecule has 1 atom stereocenters. The van der Waals surface area contributed by atoms with E-state index in [4.69, 9.17) is 11.5 Å². The Morgan fingerprint density at radius 3 is 2.92 bits per heavy atom. The summed E-state index contributed by atoms with van der Waals surface area (Å²) in [6.45, 7) is 0.225. The number of carbonyl (C=O) groups excluding carboxylic acids is 1. The lowest BCUT2D eigenvalue weighted by Crippen LogP contribution is -2.44. The maximum atomic E-state index is 10.9. The molecule has 1 N–H and O–H groups in total. The molecule has 1 saturated heterocycles. The topological polar surface area (TPSA) is 57.6 Å². The van der Waals surface area contributed by atoms with Gasteiger partial charge in [-0.05, 0) is 0 Å². The predicted octanol–water partition coefficient (Wildman–Crippen LogP) is 0.331. The van der Waals surface area contributed by atoms with Crippen LogP contribution in [0.3, 0.4) is 0 Å². The molecule has 0 radical (unpaired) electrons. The van der Waals surface area contributed by atoms with Gasteiger partial charge in [0.15, 0.2) is 0 Å². The molecule has 1 fully saturated rings. The van der Waals surface area contributed by atoms with Crippen molar-refractivity contribution in [3.8, 4) is 12.3 Å². The molecule has 0 bridgehead atoms. The molecule has 1 amide bonds. The molecule has 0 spiro atoms. The fourth-order valence-electron chi connectivity index (χ4n) is 1.21. The first-order valence-electron chi connectivity index (χ1n) is 3.62. The quantitative estimate of drug-likeness (QED) is 0.529. The van der Waals surface area contributed by atoms with Crippen molar-refractivity contribution in [1.29, 1.82) is 0 Å². The van der Waals surface area contributed by atoms with Gasteiger partial charge in [0.2, 0.25) is 0 Å². The van der Waals surface area contributed by atoms with E-state index in [2.05, 4.69) is 5.92 Å². The molecule has 1 heterocycles. The summed E-state index contributed by atoms with van der Waals surface area (Å²) in [7, 11) is 0. The highest BCUT2D eigenvalue weighted by Crippen LogP contribution is 2.13. The molecule has 1 aliphatic heterocycles. The van der Waals surface area contributed by atoms with Gasteiger partial charge in [0.05, 0.1) is 0 Å². The van der Waals surface area contributed by atoms with Crippen LogP contribution in [-0.2, 0) is 4.79 Å². The summed E-state index contributed by atoms with van der Waals surface area (Å²) >= 11 is 0. The van der Waals surface area contributed by atoms with E-state index in [0.717, 1.165) is 4.90 Å². The average molecular weight is 167 g/mol. The number of carboxylic acid groups (broad SMARTS) is 1.